The van der Waals surface area contributed by atoms with Gasteiger partial charge >= 0.3 is 0 Å². The molecule has 2 heterocycles. The fraction of sp³-hybridized carbons (Fsp3) is 0.105. The first-order valence-electron chi connectivity index (χ1n) is 8.13. The van der Waals surface area contributed by atoms with Crippen LogP contribution in [0.4, 0.5) is 5.69 Å². The molecule has 0 saturated heterocycles. The van der Waals surface area contributed by atoms with E-state index in [0.29, 0.717) is 22.3 Å². The number of H-pyrrole nitrogens is 1. The molecule has 7 nitrogen and oxygen atoms in total. The number of fused-ring (bicyclic) bond motifs is 1. The molecule has 0 bridgehead atoms. The second kappa shape index (κ2) is 6.55. The van der Waals surface area contributed by atoms with Crippen molar-refractivity contribution in [3.63, 3.8) is 0 Å². The molecule has 1 aromatic heterocycles. The van der Waals surface area contributed by atoms with E-state index in [-0.39, 0.29) is 35.1 Å². The lowest BCUT2D eigenvalue weighted by Gasteiger charge is -2.21. The first kappa shape index (κ1) is 17.3. The van der Waals surface area contributed by atoms with Crippen molar-refractivity contribution in [1.82, 2.24) is 9.97 Å². The molecular formula is C19H15BrN4O3. The lowest BCUT2D eigenvalue weighted by atomic mass is 10.1. The number of hydrogen-bond acceptors (Lipinski definition) is 6. The largest absolute Gasteiger partial charge is 0.495 e. The molecule has 27 heavy (non-hydrogen) atoms. The standard InChI is InChI=1S/C19H15BrN4O3/c1-27-15-5-3-2-4-13(15)24-9-14(25)16(17(24)21)18-22-12-8-10(20)6-7-11(12)19(26)23-18/h2-8H,9,21H2,1H3,(H,22,23,26). The summed E-state index contributed by atoms with van der Waals surface area (Å²) in [5.74, 6) is 0.752. The maximum Gasteiger partial charge on any atom is 0.259 e. The van der Waals surface area contributed by atoms with Gasteiger partial charge in [-0.2, -0.15) is 0 Å². The molecule has 0 spiro atoms. The summed E-state index contributed by atoms with van der Waals surface area (Å²) in [7, 11) is 1.55. The van der Waals surface area contributed by atoms with Gasteiger partial charge in [0.2, 0.25) is 0 Å². The molecule has 4 rings (SSSR count). The van der Waals surface area contributed by atoms with E-state index in [1.54, 1.807) is 36.3 Å². The third-order valence-electron chi connectivity index (χ3n) is 4.41. The maximum atomic E-state index is 12.7. The summed E-state index contributed by atoms with van der Waals surface area (Å²) in [5, 5.41) is 0.438. The van der Waals surface area contributed by atoms with Gasteiger partial charge in [-0.25, -0.2) is 4.98 Å². The Bertz CT molecular complexity index is 1170. The number of nitrogens with one attached hydrogen (secondary N) is 1. The number of carbonyl (C=O) groups excluding carboxylic acids is 1. The van der Waals surface area contributed by atoms with Crippen LogP contribution in [0, 0.1) is 0 Å². The van der Waals surface area contributed by atoms with Gasteiger partial charge in [-0.3, -0.25) is 9.59 Å². The number of hydrogen-bond donors (Lipinski definition) is 2. The Hall–Kier alpha value is -3.13. The van der Waals surface area contributed by atoms with E-state index in [4.69, 9.17) is 10.5 Å². The summed E-state index contributed by atoms with van der Waals surface area (Å²) >= 11 is 3.37. The molecule has 0 unspecified atom stereocenters. The first-order valence-corrected chi connectivity index (χ1v) is 8.92. The molecular weight excluding hydrogens is 412 g/mol. The quantitative estimate of drug-likeness (QED) is 0.666. The molecule has 0 aliphatic carbocycles. The van der Waals surface area contributed by atoms with Gasteiger partial charge in [0.05, 0.1) is 30.2 Å². The van der Waals surface area contributed by atoms with Crippen LogP contribution in [-0.4, -0.2) is 29.4 Å². The van der Waals surface area contributed by atoms with Gasteiger partial charge < -0.3 is 20.4 Å². The van der Waals surface area contributed by atoms with Crippen LogP contribution in [0.2, 0.25) is 0 Å². The monoisotopic (exact) mass is 426 g/mol. The number of ketones is 1. The maximum absolute atomic E-state index is 12.7. The van der Waals surface area contributed by atoms with Crippen LogP contribution in [0.1, 0.15) is 5.82 Å². The van der Waals surface area contributed by atoms with Gasteiger partial charge in [0.25, 0.3) is 5.56 Å². The summed E-state index contributed by atoms with van der Waals surface area (Å²) in [4.78, 5) is 33.9. The lowest BCUT2D eigenvalue weighted by molar-refractivity contribution is -0.112. The van der Waals surface area contributed by atoms with Crippen LogP contribution in [0.15, 0.2) is 57.6 Å². The minimum absolute atomic E-state index is 0.0434. The van der Waals surface area contributed by atoms with Crippen LogP contribution in [-0.2, 0) is 4.79 Å². The molecule has 0 amide bonds. The second-order valence-corrected chi connectivity index (χ2v) is 6.93. The van der Waals surface area contributed by atoms with Gasteiger partial charge in [-0.1, -0.05) is 28.1 Å². The summed E-state index contributed by atoms with van der Waals surface area (Å²) in [6, 6.07) is 12.4. The predicted molar refractivity (Wildman–Crippen MR) is 107 cm³/mol. The molecule has 1 aliphatic rings. The number of para-hydroxylation sites is 2. The topological polar surface area (TPSA) is 101 Å². The van der Waals surface area contributed by atoms with Crippen molar-refractivity contribution in [1.29, 1.82) is 0 Å². The molecule has 2 aromatic carbocycles. The van der Waals surface area contributed by atoms with Crippen molar-refractivity contribution in [3.8, 4) is 5.75 Å². The van der Waals surface area contributed by atoms with E-state index >= 15 is 0 Å². The van der Waals surface area contributed by atoms with Crippen molar-refractivity contribution >= 4 is 43.9 Å². The van der Waals surface area contributed by atoms with E-state index in [9.17, 15) is 9.59 Å². The highest BCUT2D eigenvalue weighted by atomic mass is 79.9. The third kappa shape index (κ3) is 2.87. The Labute approximate surface area is 162 Å². The Morgan fingerprint density at radius 1 is 1.22 bits per heavy atom. The van der Waals surface area contributed by atoms with Crippen LogP contribution in [0.25, 0.3) is 16.5 Å². The Balaban J connectivity index is 1.88. The average molecular weight is 427 g/mol. The summed E-state index contributed by atoms with van der Waals surface area (Å²) < 4.78 is 6.15. The van der Waals surface area contributed by atoms with Crippen molar-refractivity contribution in [2.75, 3.05) is 18.6 Å². The number of nitrogens with two attached hydrogens (primary N) is 1. The number of aromatic nitrogens is 2. The highest BCUT2D eigenvalue weighted by molar-refractivity contribution is 9.10. The molecule has 0 atom stereocenters. The van der Waals surface area contributed by atoms with E-state index in [1.165, 1.54) is 0 Å². The van der Waals surface area contributed by atoms with Gasteiger partial charge in [0.15, 0.2) is 5.78 Å². The van der Waals surface area contributed by atoms with Gasteiger partial charge in [0, 0.05) is 4.47 Å². The van der Waals surface area contributed by atoms with Crippen LogP contribution >= 0.6 is 15.9 Å². The second-order valence-electron chi connectivity index (χ2n) is 6.02. The lowest BCUT2D eigenvalue weighted by Crippen LogP contribution is -2.25. The summed E-state index contributed by atoms with van der Waals surface area (Å²) in [6.45, 7) is 0.0434. The highest BCUT2D eigenvalue weighted by Gasteiger charge is 2.33. The normalized spacial score (nSPS) is 14.3. The number of carbonyl (C=O) groups is 1. The number of methoxy groups -OCH3 is 1. The fourth-order valence-corrected chi connectivity index (χ4v) is 3.49. The SMILES string of the molecule is COc1ccccc1N1CC(=O)C(c2nc3cc(Br)ccc3c(=O)[nH]2)=C1N. The van der Waals surface area contributed by atoms with Gasteiger partial charge in [-0.05, 0) is 30.3 Å². The minimum Gasteiger partial charge on any atom is -0.495 e. The Morgan fingerprint density at radius 2 is 2.00 bits per heavy atom. The minimum atomic E-state index is -0.327. The number of halogens is 1. The van der Waals surface area contributed by atoms with E-state index in [2.05, 4.69) is 25.9 Å². The molecule has 8 heteroatoms. The van der Waals surface area contributed by atoms with E-state index in [0.717, 1.165) is 4.47 Å². The van der Waals surface area contributed by atoms with Crippen molar-refractivity contribution in [2.45, 2.75) is 0 Å². The molecule has 136 valence electrons. The highest BCUT2D eigenvalue weighted by Crippen LogP contribution is 2.34. The number of nitrogens with zero attached hydrogens (tertiary/aromatic N) is 2. The number of aromatic amines is 1. The van der Waals surface area contributed by atoms with E-state index in [1.807, 2.05) is 18.2 Å². The number of ether oxygens (including phenoxy) is 1. The number of rotatable bonds is 3. The smallest absolute Gasteiger partial charge is 0.259 e. The predicted octanol–water partition coefficient (Wildman–Crippen LogP) is 2.41. The van der Waals surface area contributed by atoms with E-state index < -0.39 is 0 Å². The summed E-state index contributed by atoms with van der Waals surface area (Å²) in [6.07, 6.45) is 0. The van der Waals surface area contributed by atoms with Gasteiger partial charge in [-0.15, -0.1) is 0 Å². The van der Waals surface area contributed by atoms with Crippen LogP contribution in [0.5, 0.6) is 5.75 Å². The van der Waals surface area contributed by atoms with Gasteiger partial charge in [0.1, 0.15) is 23.0 Å². The zero-order valence-corrected chi connectivity index (χ0v) is 15.9. The molecule has 0 saturated carbocycles. The Morgan fingerprint density at radius 3 is 2.78 bits per heavy atom. The van der Waals surface area contributed by atoms with Crippen LogP contribution in [0.3, 0.4) is 0 Å². The third-order valence-corrected chi connectivity index (χ3v) is 4.90. The van der Waals surface area contributed by atoms with Crippen molar-refractivity contribution in [3.05, 3.63) is 68.9 Å². The fourth-order valence-electron chi connectivity index (χ4n) is 3.14. The molecule has 1 aliphatic heterocycles. The first-order chi connectivity index (χ1) is 13.0. The average Bonchev–Trinajstić information content (AvgIpc) is 2.95. The van der Waals surface area contributed by atoms with Crippen molar-refractivity contribution < 1.29 is 9.53 Å². The van der Waals surface area contributed by atoms with Crippen molar-refractivity contribution in [2.24, 2.45) is 5.73 Å². The summed E-state index contributed by atoms with van der Waals surface area (Å²) in [5.41, 5.74) is 7.30. The molecule has 3 N–H and O–H groups in total. The molecule has 0 fully saturated rings. The number of Topliss-reactive ketones (excluding diaryl/α,β-unsaturated/α-hetero) is 1. The number of benzene rings is 2. The Kier molecular flexibility index (Phi) is 4.19. The molecule has 3 aromatic rings. The number of anilines is 1. The zero-order valence-electron chi connectivity index (χ0n) is 14.3. The zero-order chi connectivity index (χ0) is 19.1. The molecule has 0 radical (unpaired) electrons. The van der Waals surface area contributed by atoms with Crippen LogP contribution < -0.4 is 20.9 Å².